The SMILES string of the molecule is CCn1c(=NC(=O)CSCC(=O)NC2CCCCC2)sc2cc(Cl)ccc21. The van der Waals surface area contributed by atoms with Crippen LogP contribution in [0.25, 0.3) is 10.2 Å². The lowest BCUT2D eigenvalue weighted by atomic mass is 9.95. The van der Waals surface area contributed by atoms with Crippen molar-refractivity contribution < 1.29 is 9.59 Å². The second kappa shape index (κ2) is 9.75. The zero-order chi connectivity index (χ0) is 19.2. The molecule has 1 N–H and O–H groups in total. The fourth-order valence-electron chi connectivity index (χ4n) is 3.32. The largest absolute Gasteiger partial charge is 0.353 e. The number of thioether (sulfide) groups is 1. The van der Waals surface area contributed by atoms with Gasteiger partial charge in [0.2, 0.25) is 5.91 Å². The smallest absolute Gasteiger partial charge is 0.258 e. The lowest BCUT2D eigenvalue weighted by Crippen LogP contribution is -2.37. The van der Waals surface area contributed by atoms with Gasteiger partial charge in [0.05, 0.1) is 21.7 Å². The molecule has 27 heavy (non-hydrogen) atoms. The Morgan fingerprint density at radius 3 is 2.81 bits per heavy atom. The number of fused-ring (bicyclic) bond motifs is 1. The summed E-state index contributed by atoms with van der Waals surface area (Å²) in [5, 5.41) is 3.74. The van der Waals surface area contributed by atoms with E-state index in [9.17, 15) is 9.59 Å². The molecule has 1 aliphatic rings. The highest BCUT2D eigenvalue weighted by atomic mass is 35.5. The van der Waals surface area contributed by atoms with Gasteiger partial charge in [-0.25, -0.2) is 0 Å². The molecule has 0 aliphatic heterocycles. The molecule has 0 radical (unpaired) electrons. The third kappa shape index (κ3) is 5.59. The van der Waals surface area contributed by atoms with E-state index < -0.39 is 0 Å². The van der Waals surface area contributed by atoms with Gasteiger partial charge in [-0.3, -0.25) is 9.59 Å². The van der Waals surface area contributed by atoms with Gasteiger partial charge in [0.15, 0.2) is 4.80 Å². The molecule has 1 aromatic heterocycles. The molecule has 0 bridgehead atoms. The summed E-state index contributed by atoms with van der Waals surface area (Å²) in [4.78, 5) is 29.2. The number of hydrogen-bond donors (Lipinski definition) is 1. The van der Waals surface area contributed by atoms with Crippen LogP contribution in [-0.4, -0.2) is 33.9 Å². The fourth-order valence-corrected chi connectivity index (χ4v) is 5.32. The number of aromatic nitrogens is 1. The molecule has 3 rings (SSSR count). The number of amides is 2. The molecule has 0 unspecified atom stereocenters. The van der Waals surface area contributed by atoms with Crippen LogP contribution in [0.15, 0.2) is 23.2 Å². The van der Waals surface area contributed by atoms with Gasteiger partial charge in [0, 0.05) is 17.6 Å². The van der Waals surface area contributed by atoms with Crippen LogP contribution in [0.1, 0.15) is 39.0 Å². The summed E-state index contributed by atoms with van der Waals surface area (Å²) in [7, 11) is 0. The Labute approximate surface area is 172 Å². The predicted molar refractivity (Wildman–Crippen MR) is 113 cm³/mol. The normalized spacial score (nSPS) is 16.0. The van der Waals surface area contributed by atoms with Gasteiger partial charge in [-0.2, -0.15) is 4.99 Å². The van der Waals surface area contributed by atoms with Gasteiger partial charge in [-0.05, 0) is 38.0 Å². The number of thiazole rings is 1. The molecule has 146 valence electrons. The van der Waals surface area contributed by atoms with E-state index in [4.69, 9.17) is 11.6 Å². The van der Waals surface area contributed by atoms with Crippen molar-refractivity contribution in [3.05, 3.63) is 28.0 Å². The predicted octanol–water partition coefficient (Wildman–Crippen LogP) is 3.99. The van der Waals surface area contributed by atoms with E-state index in [-0.39, 0.29) is 17.6 Å². The second-order valence-corrected chi connectivity index (χ2v) is 9.07. The summed E-state index contributed by atoms with van der Waals surface area (Å²) in [6, 6.07) is 5.99. The Kier molecular flexibility index (Phi) is 7.38. The minimum atomic E-state index is -0.217. The number of benzene rings is 1. The number of nitrogens with one attached hydrogen (secondary N) is 1. The molecule has 1 fully saturated rings. The molecule has 8 heteroatoms. The monoisotopic (exact) mass is 425 g/mol. The Hall–Kier alpha value is -1.31. The maximum absolute atomic E-state index is 12.2. The van der Waals surface area contributed by atoms with Crippen molar-refractivity contribution in [1.82, 2.24) is 9.88 Å². The summed E-state index contributed by atoms with van der Waals surface area (Å²) >= 11 is 8.83. The van der Waals surface area contributed by atoms with Crippen LogP contribution in [0.4, 0.5) is 0 Å². The van der Waals surface area contributed by atoms with Crippen molar-refractivity contribution in [2.24, 2.45) is 4.99 Å². The highest BCUT2D eigenvalue weighted by Crippen LogP contribution is 2.22. The van der Waals surface area contributed by atoms with Gasteiger partial charge >= 0.3 is 0 Å². The maximum atomic E-state index is 12.2. The van der Waals surface area contributed by atoms with E-state index in [2.05, 4.69) is 10.3 Å². The van der Waals surface area contributed by atoms with Crippen LogP contribution in [-0.2, 0) is 16.1 Å². The average Bonchev–Trinajstić information content (AvgIpc) is 2.98. The molecule has 2 aromatic rings. The number of hydrogen-bond acceptors (Lipinski definition) is 4. The van der Waals surface area contributed by atoms with E-state index in [1.807, 2.05) is 29.7 Å². The summed E-state index contributed by atoms with van der Waals surface area (Å²) in [6.45, 7) is 2.75. The van der Waals surface area contributed by atoms with Crippen LogP contribution in [0.2, 0.25) is 5.02 Å². The summed E-state index contributed by atoms with van der Waals surface area (Å²) in [5.74, 6) is 0.301. The summed E-state index contributed by atoms with van der Waals surface area (Å²) in [6.07, 6.45) is 5.77. The molecular formula is C19H24ClN3O2S2. The molecule has 1 aliphatic carbocycles. The lowest BCUT2D eigenvalue weighted by Gasteiger charge is -2.22. The van der Waals surface area contributed by atoms with Crippen LogP contribution in [0.5, 0.6) is 0 Å². The first kappa shape index (κ1) is 20.4. The lowest BCUT2D eigenvalue weighted by molar-refractivity contribution is -0.119. The van der Waals surface area contributed by atoms with Crippen LogP contribution >= 0.6 is 34.7 Å². The number of carbonyl (C=O) groups excluding carboxylic acids is 2. The number of halogens is 1. The van der Waals surface area contributed by atoms with Gasteiger partial charge in [-0.1, -0.05) is 42.2 Å². The molecule has 0 spiro atoms. The van der Waals surface area contributed by atoms with E-state index in [1.165, 1.54) is 42.4 Å². The minimum Gasteiger partial charge on any atom is -0.353 e. The number of nitrogens with zero attached hydrogens (tertiary/aromatic N) is 2. The zero-order valence-corrected chi connectivity index (χ0v) is 17.8. The number of aryl methyl sites for hydroxylation is 1. The Balaban J connectivity index is 1.57. The number of rotatable bonds is 6. The first-order valence-electron chi connectivity index (χ1n) is 9.30. The van der Waals surface area contributed by atoms with E-state index in [0.717, 1.165) is 29.6 Å². The summed E-state index contributed by atoms with van der Waals surface area (Å²) in [5.41, 5.74) is 1.03. The molecule has 1 aromatic carbocycles. The molecule has 0 saturated heterocycles. The topological polar surface area (TPSA) is 63.5 Å². The zero-order valence-electron chi connectivity index (χ0n) is 15.4. The van der Waals surface area contributed by atoms with Crippen molar-refractivity contribution in [1.29, 1.82) is 0 Å². The molecule has 2 amide bonds. The van der Waals surface area contributed by atoms with Crippen molar-refractivity contribution in [3.8, 4) is 0 Å². The van der Waals surface area contributed by atoms with Crippen molar-refractivity contribution >= 4 is 56.7 Å². The molecule has 1 saturated carbocycles. The first-order chi connectivity index (χ1) is 13.1. The van der Waals surface area contributed by atoms with Gasteiger partial charge in [0.1, 0.15) is 0 Å². The molecule has 1 heterocycles. The van der Waals surface area contributed by atoms with Crippen LogP contribution < -0.4 is 10.1 Å². The van der Waals surface area contributed by atoms with Crippen molar-refractivity contribution in [2.75, 3.05) is 11.5 Å². The van der Waals surface area contributed by atoms with Gasteiger partial charge < -0.3 is 9.88 Å². The maximum Gasteiger partial charge on any atom is 0.258 e. The average molecular weight is 426 g/mol. The molecule has 0 atom stereocenters. The van der Waals surface area contributed by atoms with Crippen LogP contribution in [0, 0.1) is 0 Å². The Morgan fingerprint density at radius 2 is 2.07 bits per heavy atom. The van der Waals surface area contributed by atoms with Gasteiger partial charge in [-0.15, -0.1) is 11.8 Å². The first-order valence-corrected chi connectivity index (χ1v) is 11.7. The Morgan fingerprint density at radius 1 is 1.30 bits per heavy atom. The van der Waals surface area contributed by atoms with Crippen molar-refractivity contribution in [2.45, 2.75) is 51.6 Å². The molecule has 5 nitrogen and oxygen atoms in total. The summed E-state index contributed by atoms with van der Waals surface area (Å²) < 4.78 is 3.02. The van der Waals surface area contributed by atoms with Crippen molar-refractivity contribution in [3.63, 3.8) is 0 Å². The minimum absolute atomic E-state index is 0.0137. The fraction of sp³-hybridized carbons (Fsp3) is 0.526. The second-order valence-electron chi connectivity index (χ2n) is 6.64. The third-order valence-electron chi connectivity index (χ3n) is 4.61. The van der Waals surface area contributed by atoms with E-state index in [1.54, 1.807) is 0 Å². The third-order valence-corrected chi connectivity index (χ3v) is 6.80. The molecular weight excluding hydrogens is 402 g/mol. The quantitative estimate of drug-likeness (QED) is 0.761. The highest BCUT2D eigenvalue weighted by molar-refractivity contribution is 8.00. The highest BCUT2D eigenvalue weighted by Gasteiger charge is 2.16. The van der Waals surface area contributed by atoms with Crippen LogP contribution in [0.3, 0.4) is 0 Å². The van der Waals surface area contributed by atoms with Gasteiger partial charge in [0.25, 0.3) is 5.91 Å². The van der Waals surface area contributed by atoms with E-state index in [0.29, 0.717) is 21.6 Å². The standard InChI is InChI=1S/C19H24ClN3O2S2/c1-2-23-15-9-8-13(20)10-16(15)27-19(23)22-18(25)12-26-11-17(24)21-14-6-4-3-5-7-14/h8-10,14H,2-7,11-12H2,1H3,(H,21,24). The van der Waals surface area contributed by atoms with E-state index >= 15 is 0 Å². The number of carbonyl (C=O) groups is 2. The Bertz CT molecular complexity index is 885.